The Kier molecular flexibility index (Phi) is 4.53. The third kappa shape index (κ3) is 3.19. The van der Waals surface area contributed by atoms with E-state index in [9.17, 15) is 0 Å². The van der Waals surface area contributed by atoms with E-state index < -0.39 is 0 Å². The van der Waals surface area contributed by atoms with Crippen molar-refractivity contribution >= 4 is 11.4 Å². The highest BCUT2D eigenvalue weighted by Gasteiger charge is 2.17. The van der Waals surface area contributed by atoms with E-state index in [2.05, 4.69) is 50.1 Å². The minimum absolute atomic E-state index is 0.0930. The van der Waals surface area contributed by atoms with Gasteiger partial charge in [0.1, 0.15) is 5.75 Å². The van der Waals surface area contributed by atoms with Crippen LogP contribution in [-0.2, 0) is 0 Å². The van der Waals surface area contributed by atoms with Crippen LogP contribution in [0.1, 0.15) is 29.7 Å². The molecule has 0 fully saturated rings. The standard InChI is InChI=1S/C18H24N2O/c1-12-9-13(2)11-15(10-12)20(4)16-7-6-8-17(21-5)18(16)14(3)19/h6-11,14H,19H2,1-5H3/t14-/m0/s1. The summed E-state index contributed by atoms with van der Waals surface area (Å²) in [6.45, 7) is 6.21. The quantitative estimate of drug-likeness (QED) is 0.918. The molecule has 0 bridgehead atoms. The molecule has 0 aliphatic rings. The van der Waals surface area contributed by atoms with Gasteiger partial charge in [0.2, 0.25) is 0 Å². The molecule has 2 rings (SSSR count). The molecule has 0 aromatic heterocycles. The predicted octanol–water partition coefficient (Wildman–Crippen LogP) is 4.10. The van der Waals surface area contributed by atoms with Crippen LogP contribution in [-0.4, -0.2) is 14.2 Å². The van der Waals surface area contributed by atoms with Crippen LogP contribution in [0.3, 0.4) is 0 Å². The molecule has 0 unspecified atom stereocenters. The lowest BCUT2D eigenvalue weighted by Gasteiger charge is -2.26. The van der Waals surface area contributed by atoms with Gasteiger partial charge in [-0.3, -0.25) is 0 Å². The molecule has 1 atom stereocenters. The van der Waals surface area contributed by atoms with Gasteiger partial charge in [-0.05, 0) is 56.2 Å². The number of ether oxygens (including phenoxy) is 1. The van der Waals surface area contributed by atoms with Crippen LogP contribution in [0.4, 0.5) is 11.4 Å². The van der Waals surface area contributed by atoms with Crippen LogP contribution in [0, 0.1) is 13.8 Å². The molecule has 0 aliphatic carbocycles. The molecule has 3 nitrogen and oxygen atoms in total. The van der Waals surface area contributed by atoms with Gasteiger partial charge in [-0.25, -0.2) is 0 Å². The molecule has 0 saturated heterocycles. The number of hydrogen-bond donors (Lipinski definition) is 1. The predicted molar refractivity (Wildman–Crippen MR) is 89.6 cm³/mol. The van der Waals surface area contributed by atoms with E-state index in [0.29, 0.717) is 0 Å². The molecule has 21 heavy (non-hydrogen) atoms. The van der Waals surface area contributed by atoms with Gasteiger partial charge in [-0.15, -0.1) is 0 Å². The summed E-state index contributed by atoms with van der Waals surface area (Å²) in [6, 6.07) is 12.5. The third-order valence-corrected chi connectivity index (χ3v) is 3.67. The molecule has 0 spiro atoms. The Bertz CT molecular complexity index is 615. The summed E-state index contributed by atoms with van der Waals surface area (Å²) in [4.78, 5) is 2.17. The lowest BCUT2D eigenvalue weighted by atomic mass is 10.0. The first-order chi connectivity index (χ1) is 9.93. The van der Waals surface area contributed by atoms with Crippen molar-refractivity contribution in [1.29, 1.82) is 0 Å². The second kappa shape index (κ2) is 6.19. The van der Waals surface area contributed by atoms with Gasteiger partial charge in [0.15, 0.2) is 0 Å². The smallest absolute Gasteiger partial charge is 0.125 e. The Morgan fingerprint density at radius 1 is 1.10 bits per heavy atom. The summed E-state index contributed by atoms with van der Waals surface area (Å²) in [6.07, 6.45) is 0. The van der Waals surface area contributed by atoms with Gasteiger partial charge in [0, 0.05) is 30.0 Å². The molecule has 0 saturated carbocycles. The van der Waals surface area contributed by atoms with Crippen molar-refractivity contribution in [3.05, 3.63) is 53.1 Å². The third-order valence-electron chi connectivity index (χ3n) is 3.67. The zero-order chi connectivity index (χ0) is 15.6. The zero-order valence-electron chi connectivity index (χ0n) is 13.5. The SMILES string of the molecule is COc1cccc(N(C)c2cc(C)cc(C)c2)c1[C@H](C)N. The van der Waals surface area contributed by atoms with E-state index in [1.54, 1.807) is 7.11 Å². The van der Waals surface area contributed by atoms with Crippen molar-refractivity contribution in [3.8, 4) is 5.75 Å². The highest BCUT2D eigenvalue weighted by Crippen LogP contribution is 2.36. The van der Waals surface area contributed by atoms with Crippen molar-refractivity contribution in [3.63, 3.8) is 0 Å². The van der Waals surface area contributed by atoms with Crippen LogP contribution < -0.4 is 15.4 Å². The Morgan fingerprint density at radius 3 is 2.24 bits per heavy atom. The number of hydrogen-bond acceptors (Lipinski definition) is 3. The second-order valence-corrected chi connectivity index (χ2v) is 5.59. The van der Waals surface area contributed by atoms with Crippen molar-refractivity contribution in [1.82, 2.24) is 0 Å². The fourth-order valence-corrected chi connectivity index (χ4v) is 2.74. The van der Waals surface area contributed by atoms with Crippen LogP contribution in [0.15, 0.2) is 36.4 Å². The summed E-state index contributed by atoms with van der Waals surface area (Å²) in [5.41, 5.74) is 11.9. The average Bonchev–Trinajstić information content (AvgIpc) is 2.44. The fraction of sp³-hybridized carbons (Fsp3) is 0.333. The number of nitrogens with two attached hydrogens (primary N) is 1. The first-order valence-corrected chi connectivity index (χ1v) is 7.18. The number of anilines is 2. The zero-order valence-corrected chi connectivity index (χ0v) is 13.5. The minimum Gasteiger partial charge on any atom is -0.496 e. The van der Waals surface area contributed by atoms with Gasteiger partial charge in [-0.1, -0.05) is 12.1 Å². The molecule has 0 radical (unpaired) electrons. The van der Waals surface area contributed by atoms with Crippen LogP contribution in [0.5, 0.6) is 5.75 Å². The molecule has 0 heterocycles. The normalized spacial score (nSPS) is 12.1. The molecule has 3 heteroatoms. The largest absolute Gasteiger partial charge is 0.496 e. The minimum atomic E-state index is -0.0930. The van der Waals surface area contributed by atoms with E-state index >= 15 is 0 Å². The summed E-state index contributed by atoms with van der Waals surface area (Å²) >= 11 is 0. The molecule has 2 aromatic rings. The van der Waals surface area contributed by atoms with E-state index in [1.807, 2.05) is 19.1 Å². The lowest BCUT2D eigenvalue weighted by Crippen LogP contribution is -2.16. The van der Waals surface area contributed by atoms with Crippen molar-refractivity contribution in [2.45, 2.75) is 26.8 Å². The van der Waals surface area contributed by atoms with Crippen LogP contribution in [0.2, 0.25) is 0 Å². The number of methoxy groups -OCH3 is 1. The highest BCUT2D eigenvalue weighted by atomic mass is 16.5. The number of benzene rings is 2. The van der Waals surface area contributed by atoms with Gasteiger partial charge in [0.05, 0.1) is 7.11 Å². The van der Waals surface area contributed by atoms with E-state index in [4.69, 9.17) is 10.5 Å². The Hall–Kier alpha value is -2.00. The molecule has 0 amide bonds. The highest BCUT2D eigenvalue weighted by molar-refractivity contribution is 5.70. The first kappa shape index (κ1) is 15.4. The summed E-state index contributed by atoms with van der Waals surface area (Å²) in [5, 5.41) is 0. The van der Waals surface area contributed by atoms with Gasteiger partial charge in [0.25, 0.3) is 0 Å². The molecule has 2 aromatic carbocycles. The van der Waals surface area contributed by atoms with Gasteiger partial charge < -0.3 is 15.4 Å². The molecule has 2 N–H and O–H groups in total. The van der Waals surface area contributed by atoms with Gasteiger partial charge >= 0.3 is 0 Å². The molecule has 0 aliphatic heterocycles. The van der Waals surface area contributed by atoms with Gasteiger partial charge in [-0.2, -0.15) is 0 Å². The van der Waals surface area contributed by atoms with E-state index in [0.717, 1.165) is 22.7 Å². The van der Waals surface area contributed by atoms with E-state index in [1.165, 1.54) is 11.1 Å². The molecule has 112 valence electrons. The average molecular weight is 284 g/mol. The maximum Gasteiger partial charge on any atom is 0.125 e. The second-order valence-electron chi connectivity index (χ2n) is 5.59. The Morgan fingerprint density at radius 2 is 1.71 bits per heavy atom. The maximum atomic E-state index is 6.16. The molecular formula is C18H24N2O. The fourth-order valence-electron chi connectivity index (χ4n) is 2.74. The monoisotopic (exact) mass is 284 g/mol. The number of rotatable bonds is 4. The van der Waals surface area contributed by atoms with Crippen LogP contribution in [0.25, 0.3) is 0 Å². The number of nitrogens with zero attached hydrogens (tertiary/aromatic N) is 1. The summed E-state index contributed by atoms with van der Waals surface area (Å²) in [7, 11) is 3.75. The van der Waals surface area contributed by atoms with E-state index in [-0.39, 0.29) is 6.04 Å². The first-order valence-electron chi connectivity index (χ1n) is 7.18. The Balaban J connectivity index is 2.55. The lowest BCUT2D eigenvalue weighted by molar-refractivity contribution is 0.407. The van der Waals surface area contributed by atoms with Crippen LogP contribution >= 0.6 is 0 Å². The number of aryl methyl sites for hydroxylation is 2. The molecular weight excluding hydrogens is 260 g/mol. The maximum absolute atomic E-state index is 6.16. The topological polar surface area (TPSA) is 38.5 Å². The summed E-state index contributed by atoms with van der Waals surface area (Å²) in [5.74, 6) is 0.832. The Labute approximate surface area is 127 Å². The summed E-state index contributed by atoms with van der Waals surface area (Å²) < 4.78 is 5.47. The van der Waals surface area contributed by atoms with Crippen molar-refractivity contribution < 1.29 is 4.74 Å². The van der Waals surface area contributed by atoms with Crippen molar-refractivity contribution in [2.24, 2.45) is 5.73 Å². The van der Waals surface area contributed by atoms with Crippen molar-refractivity contribution in [2.75, 3.05) is 19.1 Å².